The van der Waals surface area contributed by atoms with Gasteiger partial charge in [-0.15, -0.1) is 0 Å². The van der Waals surface area contributed by atoms with Crippen LogP contribution in [0.15, 0.2) is 54.7 Å². The van der Waals surface area contributed by atoms with Gasteiger partial charge in [-0.1, -0.05) is 74.7 Å². The topological polar surface area (TPSA) is 56.4 Å². The highest BCUT2D eigenvalue weighted by Gasteiger charge is 2.21. The van der Waals surface area contributed by atoms with Gasteiger partial charge in [0.25, 0.3) is 0 Å². The summed E-state index contributed by atoms with van der Waals surface area (Å²) in [7, 11) is 0. The Hall–Kier alpha value is -3.08. The van der Waals surface area contributed by atoms with Crippen molar-refractivity contribution in [1.29, 1.82) is 0 Å². The van der Waals surface area contributed by atoms with Crippen LogP contribution in [-0.4, -0.2) is 46.2 Å². The molecule has 2 amide bonds. The zero-order valence-electron chi connectivity index (χ0n) is 21.0. The number of unbranched alkanes of at least 4 members (excludes halogenated alkanes) is 2. The van der Waals surface area contributed by atoms with Crippen molar-refractivity contribution >= 4 is 22.7 Å². The van der Waals surface area contributed by atoms with E-state index in [4.69, 9.17) is 0 Å². The van der Waals surface area contributed by atoms with Crippen molar-refractivity contribution in [1.82, 2.24) is 14.8 Å². The zero-order chi connectivity index (χ0) is 24.3. The molecule has 0 bridgehead atoms. The molecular formula is C29H39N3O2. The van der Waals surface area contributed by atoms with Gasteiger partial charge < -0.3 is 14.8 Å². The molecule has 0 atom stereocenters. The zero-order valence-corrected chi connectivity index (χ0v) is 21.0. The molecule has 1 N–H and O–H groups in total. The number of aryl methyl sites for hydroxylation is 1. The van der Waals surface area contributed by atoms with Gasteiger partial charge in [0, 0.05) is 43.2 Å². The number of benzene rings is 2. The standard InChI is InChI=1S/C29H39N3O2/c1-4-6-7-12-28(33)31(18-5-2)22-29(34)32(21-24-15-13-23(3)14-16-24)19-17-25-20-30-27-11-9-8-10-26(25)27/h8-11,13-16,20,30H,4-7,12,17-19,21-22H2,1-3H3. The highest BCUT2D eigenvalue weighted by atomic mass is 16.2. The maximum atomic E-state index is 13.5. The summed E-state index contributed by atoms with van der Waals surface area (Å²) < 4.78 is 0. The minimum Gasteiger partial charge on any atom is -0.361 e. The molecule has 2 aromatic carbocycles. The van der Waals surface area contributed by atoms with E-state index in [1.54, 1.807) is 4.90 Å². The van der Waals surface area contributed by atoms with Crippen LogP contribution in [0.1, 0.15) is 62.6 Å². The molecule has 0 aliphatic heterocycles. The highest BCUT2D eigenvalue weighted by molar-refractivity contribution is 5.85. The number of hydrogen-bond donors (Lipinski definition) is 1. The molecule has 182 valence electrons. The number of H-pyrrole nitrogens is 1. The Labute approximate surface area is 204 Å². The summed E-state index contributed by atoms with van der Waals surface area (Å²) in [6, 6.07) is 16.6. The number of para-hydroxylation sites is 1. The van der Waals surface area contributed by atoms with Crippen LogP contribution >= 0.6 is 0 Å². The van der Waals surface area contributed by atoms with Crippen molar-refractivity contribution in [3.05, 3.63) is 71.4 Å². The average Bonchev–Trinajstić information content (AvgIpc) is 3.25. The monoisotopic (exact) mass is 461 g/mol. The van der Waals surface area contributed by atoms with Gasteiger partial charge in [-0.25, -0.2) is 0 Å². The third-order valence-electron chi connectivity index (χ3n) is 6.34. The average molecular weight is 462 g/mol. The second-order valence-corrected chi connectivity index (χ2v) is 9.18. The first-order chi connectivity index (χ1) is 16.5. The summed E-state index contributed by atoms with van der Waals surface area (Å²) in [6.07, 6.45) is 7.19. The fourth-order valence-corrected chi connectivity index (χ4v) is 4.31. The van der Waals surface area contributed by atoms with Crippen LogP contribution in [0.25, 0.3) is 10.9 Å². The van der Waals surface area contributed by atoms with E-state index in [9.17, 15) is 9.59 Å². The van der Waals surface area contributed by atoms with Crippen LogP contribution in [0, 0.1) is 6.92 Å². The van der Waals surface area contributed by atoms with Gasteiger partial charge in [0.1, 0.15) is 0 Å². The molecule has 1 aromatic heterocycles. The fourth-order valence-electron chi connectivity index (χ4n) is 4.31. The quantitative estimate of drug-likeness (QED) is 0.324. The number of amides is 2. The number of carbonyl (C=O) groups is 2. The molecule has 5 heteroatoms. The highest BCUT2D eigenvalue weighted by Crippen LogP contribution is 2.19. The first kappa shape index (κ1) is 25.5. The van der Waals surface area contributed by atoms with E-state index in [0.717, 1.165) is 43.2 Å². The van der Waals surface area contributed by atoms with E-state index in [2.05, 4.69) is 62.2 Å². The number of rotatable bonds is 13. The molecule has 3 rings (SSSR count). The largest absolute Gasteiger partial charge is 0.361 e. The summed E-state index contributed by atoms with van der Waals surface area (Å²) in [4.78, 5) is 33.3. The van der Waals surface area contributed by atoms with Gasteiger partial charge in [0.2, 0.25) is 11.8 Å². The SMILES string of the molecule is CCCCCC(=O)N(CCC)CC(=O)N(CCc1c[nH]c2ccccc12)Cc1ccc(C)cc1. The van der Waals surface area contributed by atoms with E-state index in [1.165, 1.54) is 16.5 Å². The van der Waals surface area contributed by atoms with Crippen LogP contribution in [0.5, 0.6) is 0 Å². The molecule has 0 fully saturated rings. The van der Waals surface area contributed by atoms with Crippen LogP contribution in [0.4, 0.5) is 0 Å². The molecular weight excluding hydrogens is 422 g/mol. The van der Waals surface area contributed by atoms with Crippen LogP contribution in [0.3, 0.4) is 0 Å². The Morgan fingerprint density at radius 2 is 1.62 bits per heavy atom. The van der Waals surface area contributed by atoms with E-state index < -0.39 is 0 Å². The lowest BCUT2D eigenvalue weighted by Crippen LogP contribution is -2.43. The molecule has 3 aromatic rings. The summed E-state index contributed by atoms with van der Waals surface area (Å²) in [5.41, 5.74) is 4.63. The molecule has 0 aliphatic carbocycles. The first-order valence-electron chi connectivity index (χ1n) is 12.7. The number of fused-ring (bicyclic) bond motifs is 1. The summed E-state index contributed by atoms with van der Waals surface area (Å²) >= 11 is 0. The summed E-state index contributed by atoms with van der Waals surface area (Å²) in [6.45, 7) is 8.18. The van der Waals surface area contributed by atoms with Crippen LogP contribution < -0.4 is 0 Å². The molecule has 0 spiro atoms. The van der Waals surface area contributed by atoms with Gasteiger partial charge in [-0.05, 0) is 43.4 Å². The summed E-state index contributed by atoms with van der Waals surface area (Å²) in [5.74, 6) is 0.105. The number of aromatic nitrogens is 1. The van der Waals surface area contributed by atoms with Crippen molar-refractivity contribution in [2.45, 2.75) is 65.8 Å². The van der Waals surface area contributed by atoms with Gasteiger partial charge in [-0.3, -0.25) is 9.59 Å². The lowest BCUT2D eigenvalue weighted by Gasteiger charge is -2.28. The predicted molar refractivity (Wildman–Crippen MR) is 140 cm³/mol. The molecule has 0 saturated heterocycles. The van der Waals surface area contributed by atoms with Crippen molar-refractivity contribution in [2.75, 3.05) is 19.6 Å². The fraction of sp³-hybridized carbons (Fsp3) is 0.448. The number of nitrogens with one attached hydrogen (secondary N) is 1. The van der Waals surface area contributed by atoms with E-state index in [0.29, 0.717) is 26.1 Å². The Balaban J connectivity index is 1.73. The third kappa shape index (κ3) is 7.21. The molecule has 0 unspecified atom stereocenters. The van der Waals surface area contributed by atoms with Crippen LogP contribution in [-0.2, 0) is 22.6 Å². The van der Waals surface area contributed by atoms with Crippen molar-refractivity contribution < 1.29 is 9.59 Å². The molecule has 0 radical (unpaired) electrons. The molecule has 1 heterocycles. The first-order valence-corrected chi connectivity index (χ1v) is 12.7. The number of nitrogens with zero attached hydrogens (tertiary/aromatic N) is 2. The molecule has 0 saturated carbocycles. The lowest BCUT2D eigenvalue weighted by molar-refractivity contribution is -0.141. The van der Waals surface area contributed by atoms with E-state index >= 15 is 0 Å². The van der Waals surface area contributed by atoms with E-state index in [-0.39, 0.29) is 18.4 Å². The Morgan fingerprint density at radius 1 is 0.853 bits per heavy atom. The minimum atomic E-state index is 0.0118. The predicted octanol–water partition coefficient (Wildman–Crippen LogP) is 5.87. The number of hydrogen-bond acceptors (Lipinski definition) is 2. The normalized spacial score (nSPS) is 11.0. The van der Waals surface area contributed by atoms with Crippen molar-refractivity contribution in [3.63, 3.8) is 0 Å². The van der Waals surface area contributed by atoms with Gasteiger partial charge in [-0.2, -0.15) is 0 Å². The molecule has 0 aliphatic rings. The number of aromatic amines is 1. The summed E-state index contributed by atoms with van der Waals surface area (Å²) in [5, 5.41) is 1.20. The Morgan fingerprint density at radius 3 is 2.35 bits per heavy atom. The number of carbonyl (C=O) groups excluding carboxylic acids is 2. The van der Waals surface area contributed by atoms with Gasteiger partial charge in [0.15, 0.2) is 0 Å². The second kappa shape index (κ2) is 13.0. The smallest absolute Gasteiger partial charge is 0.242 e. The second-order valence-electron chi connectivity index (χ2n) is 9.18. The van der Waals surface area contributed by atoms with Crippen molar-refractivity contribution in [3.8, 4) is 0 Å². The Bertz CT molecular complexity index is 1050. The maximum absolute atomic E-state index is 13.5. The maximum Gasteiger partial charge on any atom is 0.242 e. The lowest BCUT2D eigenvalue weighted by atomic mass is 10.1. The van der Waals surface area contributed by atoms with Gasteiger partial charge in [0.05, 0.1) is 6.54 Å². The minimum absolute atomic E-state index is 0.0118. The third-order valence-corrected chi connectivity index (χ3v) is 6.34. The molecule has 34 heavy (non-hydrogen) atoms. The Kier molecular flexibility index (Phi) is 9.75. The van der Waals surface area contributed by atoms with Crippen molar-refractivity contribution in [2.24, 2.45) is 0 Å². The molecule has 5 nitrogen and oxygen atoms in total. The van der Waals surface area contributed by atoms with E-state index in [1.807, 2.05) is 23.2 Å². The van der Waals surface area contributed by atoms with Gasteiger partial charge >= 0.3 is 0 Å². The van der Waals surface area contributed by atoms with Crippen LogP contribution in [0.2, 0.25) is 0 Å².